The quantitative estimate of drug-likeness (QED) is 0.433. The van der Waals surface area contributed by atoms with Crippen molar-refractivity contribution < 1.29 is 8.42 Å². The molecular formula is C23H19ClN2O2S. The largest absolute Gasteiger partial charge is 0.317 e. The van der Waals surface area contributed by atoms with Gasteiger partial charge in [-0.1, -0.05) is 90.5 Å². The van der Waals surface area contributed by atoms with Crippen LogP contribution in [0.5, 0.6) is 0 Å². The zero-order valence-electron chi connectivity index (χ0n) is 15.8. The first-order valence-electron chi connectivity index (χ1n) is 9.11. The molecule has 0 aliphatic rings. The Hall–Kier alpha value is -2.89. The van der Waals surface area contributed by atoms with Crippen molar-refractivity contribution in [2.75, 3.05) is 0 Å². The van der Waals surface area contributed by atoms with E-state index in [-0.39, 0.29) is 10.9 Å². The van der Waals surface area contributed by atoms with Crippen LogP contribution in [0.15, 0.2) is 90.1 Å². The molecule has 1 heterocycles. The summed E-state index contributed by atoms with van der Waals surface area (Å²) in [6.45, 7) is 0. The van der Waals surface area contributed by atoms with Crippen LogP contribution in [0.1, 0.15) is 5.56 Å². The lowest BCUT2D eigenvalue weighted by Crippen LogP contribution is -2.11. The fraction of sp³-hybridized carbons (Fsp3) is 0.0870. The summed E-state index contributed by atoms with van der Waals surface area (Å²) in [4.78, 5) is 4.59. The van der Waals surface area contributed by atoms with Crippen LogP contribution in [0, 0.1) is 0 Å². The molecule has 146 valence electrons. The van der Waals surface area contributed by atoms with Gasteiger partial charge in [-0.25, -0.2) is 13.4 Å². The molecule has 4 aromatic rings. The minimum Gasteiger partial charge on any atom is -0.317 e. The summed E-state index contributed by atoms with van der Waals surface area (Å²) in [5.41, 5.74) is 3.72. The Morgan fingerprint density at radius 2 is 1.38 bits per heavy atom. The van der Waals surface area contributed by atoms with E-state index in [0.29, 0.717) is 16.3 Å². The average Bonchev–Trinajstić information content (AvgIpc) is 3.09. The number of imidazole rings is 1. The van der Waals surface area contributed by atoms with Gasteiger partial charge in [0, 0.05) is 23.2 Å². The minimum atomic E-state index is -3.72. The molecule has 0 radical (unpaired) electrons. The lowest BCUT2D eigenvalue weighted by molar-refractivity contribution is 0.579. The Labute approximate surface area is 175 Å². The Balaban J connectivity index is 1.89. The van der Waals surface area contributed by atoms with Gasteiger partial charge in [0.25, 0.3) is 0 Å². The first-order chi connectivity index (χ1) is 14.0. The van der Waals surface area contributed by atoms with Gasteiger partial charge in [0.05, 0.1) is 17.1 Å². The monoisotopic (exact) mass is 422 g/mol. The third-order valence-corrected chi connectivity index (χ3v) is 6.71. The maximum atomic E-state index is 13.3. The van der Waals surface area contributed by atoms with Crippen LogP contribution >= 0.6 is 11.6 Å². The van der Waals surface area contributed by atoms with Crippen LogP contribution in [0.3, 0.4) is 0 Å². The predicted molar refractivity (Wildman–Crippen MR) is 116 cm³/mol. The zero-order valence-corrected chi connectivity index (χ0v) is 17.4. The van der Waals surface area contributed by atoms with E-state index in [1.165, 1.54) is 0 Å². The maximum absolute atomic E-state index is 13.3. The van der Waals surface area contributed by atoms with Gasteiger partial charge in [-0.05, 0) is 11.6 Å². The van der Waals surface area contributed by atoms with Crippen molar-refractivity contribution in [2.24, 2.45) is 7.05 Å². The standard InChI is InChI=1S/C23H19ClN2O2S/c1-26-22(18-12-6-3-7-13-18)21(17-10-4-2-5-11-17)25-23(26)29(27,28)16-19-14-8-9-15-20(19)24/h2-15H,16H2,1H3. The smallest absolute Gasteiger partial charge is 0.228 e. The highest BCUT2D eigenvalue weighted by molar-refractivity contribution is 7.90. The van der Waals surface area contributed by atoms with Gasteiger partial charge >= 0.3 is 0 Å². The molecule has 0 atom stereocenters. The number of aromatic nitrogens is 2. The molecule has 3 aromatic carbocycles. The molecule has 0 saturated heterocycles. The summed E-state index contributed by atoms with van der Waals surface area (Å²) in [6.07, 6.45) is 0. The Bertz CT molecular complexity index is 1250. The second-order valence-electron chi connectivity index (χ2n) is 6.73. The molecule has 0 amide bonds. The molecule has 0 aliphatic heterocycles. The Morgan fingerprint density at radius 1 is 0.828 bits per heavy atom. The topological polar surface area (TPSA) is 52.0 Å². The van der Waals surface area contributed by atoms with E-state index in [1.807, 2.05) is 60.7 Å². The van der Waals surface area contributed by atoms with Crippen LogP contribution in [-0.4, -0.2) is 18.0 Å². The molecule has 0 fully saturated rings. The van der Waals surface area contributed by atoms with Gasteiger partial charge in [-0.15, -0.1) is 0 Å². The summed E-state index contributed by atoms with van der Waals surface area (Å²) in [5.74, 6) is -0.208. The zero-order chi connectivity index (χ0) is 20.4. The van der Waals surface area contributed by atoms with Gasteiger partial charge in [-0.3, -0.25) is 0 Å². The van der Waals surface area contributed by atoms with Gasteiger partial charge in [0.15, 0.2) is 0 Å². The highest BCUT2D eigenvalue weighted by atomic mass is 35.5. The number of hydrogen-bond donors (Lipinski definition) is 0. The van der Waals surface area contributed by atoms with Crippen LogP contribution < -0.4 is 0 Å². The SMILES string of the molecule is Cn1c(S(=O)(=O)Cc2ccccc2Cl)nc(-c2ccccc2)c1-c1ccccc1. The molecule has 1 aromatic heterocycles. The van der Waals surface area contributed by atoms with Crippen molar-refractivity contribution in [1.82, 2.24) is 9.55 Å². The van der Waals surface area contributed by atoms with E-state index >= 15 is 0 Å². The highest BCUT2D eigenvalue weighted by Gasteiger charge is 2.27. The predicted octanol–water partition coefficient (Wildman–Crippen LogP) is 5.38. The van der Waals surface area contributed by atoms with Crippen molar-refractivity contribution in [2.45, 2.75) is 10.9 Å². The van der Waals surface area contributed by atoms with E-state index < -0.39 is 9.84 Å². The Morgan fingerprint density at radius 3 is 2.00 bits per heavy atom. The summed E-state index contributed by atoms with van der Waals surface area (Å²) in [6, 6.07) is 26.3. The first kappa shape index (κ1) is 19.4. The van der Waals surface area contributed by atoms with Gasteiger partial charge in [-0.2, -0.15) is 0 Å². The maximum Gasteiger partial charge on any atom is 0.228 e. The van der Waals surface area contributed by atoms with E-state index in [9.17, 15) is 8.42 Å². The fourth-order valence-corrected chi connectivity index (χ4v) is 5.18. The van der Waals surface area contributed by atoms with Crippen molar-refractivity contribution >= 4 is 21.4 Å². The molecule has 0 N–H and O–H groups in total. The number of halogens is 1. The van der Waals surface area contributed by atoms with E-state index in [2.05, 4.69) is 4.98 Å². The minimum absolute atomic E-state index is 0.0233. The third kappa shape index (κ3) is 3.84. The molecule has 0 spiro atoms. The number of hydrogen-bond acceptors (Lipinski definition) is 3. The van der Waals surface area contributed by atoms with Crippen molar-refractivity contribution in [3.8, 4) is 22.5 Å². The normalized spacial score (nSPS) is 11.5. The van der Waals surface area contributed by atoms with Crippen LogP contribution in [0.2, 0.25) is 5.02 Å². The van der Waals surface area contributed by atoms with Crippen molar-refractivity contribution in [3.05, 3.63) is 95.5 Å². The summed E-state index contributed by atoms with van der Waals surface area (Å²) in [5, 5.41) is 0.451. The molecular weight excluding hydrogens is 404 g/mol. The first-order valence-corrected chi connectivity index (χ1v) is 11.1. The number of rotatable bonds is 5. The molecule has 29 heavy (non-hydrogen) atoms. The van der Waals surface area contributed by atoms with Crippen LogP contribution in [0.4, 0.5) is 0 Å². The van der Waals surface area contributed by atoms with Crippen LogP contribution in [0.25, 0.3) is 22.5 Å². The molecule has 0 aliphatic carbocycles. The molecule has 6 heteroatoms. The summed E-state index contributed by atoms with van der Waals surface area (Å²) in [7, 11) is -1.98. The van der Waals surface area contributed by atoms with E-state index in [4.69, 9.17) is 11.6 Å². The van der Waals surface area contributed by atoms with E-state index in [0.717, 1.165) is 16.8 Å². The van der Waals surface area contributed by atoms with E-state index in [1.54, 1.807) is 35.9 Å². The van der Waals surface area contributed by atoms with Crippen LogP contribution in [-0.2, 0) is 22.6 Å². The molecule has 0 unspecified atom stereocenters. The lowest BCUT2D eigenvalue weighted by atomic mass is 10.1. The molecule has 4 rings (SSSR count). The molecule has 0 bridgehead atoms. The van der Waals surface area contributed by atoms with Gasteiger partial charge in [0.2, 0.25) is 15.0 Å². The van der Waals surface area contributed by atoms with Gasteiger partial charge in [0.1, 0.15) is 0 Å². The van der Waals surface area contributed by atoms with Gasteiger partial charge < -0.3 is 4.57 Å². The third-order valence-electron chi connectivity index (χ3n) is 4.73. The number of nitrogens with zero attached hydrogens (tertiary/aromatic N) is 2. The second kappa shape index (κ2) is 7.85. The molecule has 4 nitrogen and oxygen atoms in total. The van der Waals surface area contributed by atoms with Crippen molar-refractivity contribution in [3.63, 3.8) is 0 Å². The summed E-state index contributed by atoms with van der Waals surface area (Å²) < 4.78 is 28.2. The highest BCUT2D eigenvalue weighted by Crippen LogP contribution is 2.34. The number of benzene rings is 3. The summed E-state index contributed by atoms with van der Waals surface area (Å²) >= 11 is 6.19. The number of sulfone groups is 1. The Kier molecular flexibility index (Phi) is 5.26. The lowest BCUT2D eigenvalue weighted by Gasteiger charge is -2.09. The second-order valence-corrected chi connectivity index (χ2v) is 9.02. The average molecular weight is 423 g/mol. The fourth-order valence-electron chi connectivity index (χ4n) is 3.36. The molecule has 0 saturated carbocycles. The van der Waals surface area contributed by atoms with Crippen molar-refractivity contribution in [1.29, 1.82) is 0 Å².